The summed E-state index contributed by atoms with van der Waals surface area (Å²) in [7, 11) is 2.03. The first-order chi connectivity index (χ1) is 12.0. The summed E-state index contributed by atoms with van der Waals surface area (Å²) in [5.74, 6) is 0. The fourth-order valence-corrected chi connectivity index (χ4v) is 3.06. The number of fused-ring (bicyclic) bond motifs is 1. The Balaban J connectivity index is 1.93. The van der Waals surface area contributed by atoms with Crippen LogP contribution in [0.1, 0.15) is 12.5 Å². The Labute approximate surface area is 148 Å². The Morgan fingerprint density at radius 3 is 2.72 bits per heavy atom. The Kier molecular flexibility index (Phi) is 4.71. The number of rotatable bonds is 5. The number of non-ortho nitro benzene ring substituents is 1. The van der Waals surface area contributed by atoms with Crippen LogP contribution in [0.4, 0.5) is 22.1 Å². The third kappa shape index (κ3) is 3.48. The smallest absolute Gasteiger partial charge is 0.270 e. The van der Waals surface area contributed by atoms with Crippen molar-refractivity contribution in [1.29, 1.82) is 0 Å². The third-order valence-electron chi connectivity index (χ3n) is 4.00. The largest absolute Gasteiger partial charge is 0.375 e. The normalized spacial score (nSPS) is 11.3. The van der Waals surface area contributed by atoms with Gasteiger partial charge in [-0.2, -0.15) is 4.37 Å². The Morgan fingerprint density at radius 2 is 2.04 bits per heavy atom. The summed E-state index contributed by atoms with van der Waals surface area (Å²) < 4.78 is 4.26. The monoisotopic (exact) mass is 355 g/mol. The molecule has 8 heteroatoms. The molecule has 0 radical (unpaired) electrons. The van der Waals surface area contributed by atoms with Crippen LogP contribution in [0, 0.1) is 17.0 Å². The summed E-state index contributed by atoms with van der Waals surface area (Å²) in [6, 6.07) is 10.5. The minimum absolute atomic E-state index is 0.0206. The van der Waals surface area contributed by atoms with Crippen LogP contribution in [0.2, 0.25) is 0 Å². The summed E-state index contributed by atoms with van der Waals surface area (Å²) in [6.07, 6.45) is 0. The topological polar surface area (TPSA) is 84.0 Å². The molecule has 0 amide bonds. The van der Waals surface area contributed by atoms with E-state index in [0.29, 0.717) is 15.9 Å². The second-order valence-electron chi connectivity index (χ2n) is 5.63. The number of azo groups is 1. The van der Waals surface area contributed by atoms with E-state index in [2.05, 4.69) is 32.5 Å². The van der Waals surface area contributed by atoms with Crippen molar-refractivity contribution in [2.75, 3.05) is 18.5 Å². The number of nitro groups is 1. The van der Waals surface area contributed by atoms with E-state index in [1.807, 2.05) is 26.1 Å². The van der Waals surface area contributed by atoms with Crippen molar-refractivity contribution in [2.45, 2.75) is 13.8 Å². The van der Waals surface area contributed by atoms with Gasteiger partial charge in [0.05, 0.1) is 16.1 Å². The van der Waals surface area contributed by atoms with E-state index in [-0.39, 0.29) is 5.69 Å². The molecule has 25 heavy (non-hydrogen) atoms. The highest BCUT2D eigenvalue weighted by atomic mass is 32.1. The van der Waals surface area contributed by atoms with E-state index in [4.69, 9.17) is 0 Å². The molecule has 3 aromatic rings. The quantitative estimate of drug-likeness (QED) is 0.349. The minimum Gasteiger partial charge on any atom is -0.375 e. The van der Waals surface area contributed by atoms with Crippen molar-refractivity contribution in [1.82, 2.24) is 4.37 Å². The average Bonchev–Trinajstić information content (AvgIpc) is 3.02. The fraction of sp³-hybridized carbons (Fsp3) is 0.235. The van der Waals surface area contributed by atoms with E-state index in [1.54, 1.807) is 6.07 Å². The van der Waals surface area contributed by atoms with Crippen molar-refractivity contribution < 1.29 is 4.92 Å². The van der Waals surface area contributed by atoms with Crippen molar-refractivity contribution >= 4 is 44.5 Å². The molecule has 0 fully saturated rings. The standard InChI is InChI=1S/C17H17N5O2S/c1-4-21(3)12-5-7-15(11(2)9-12)18-19-17-14-10-13(22(23)24)6-8-16(14)20-25-17/h5-10H,4H2,1-3H3. The maximum absolute atomic E-state index is 10.9. The molecule has 0 aliphatic rings. The number of hydrogen-bond acceptors (Lipinski definition) is 7. The number of hydrogen-bond donors (Lipinski definition) is 0. The van der Waals surface area contributed by atoms with Gasteiger partial charge in [0.2, 0.25) is 0 Å². The summed E-state index contributed by atoms with van der Waals surface area (Å²) in [5.41, 5.74) is 3.60. The van der Waals surface area contributed by atoms with Gasteiger partial charge in [-0.05, 0) is 55.2 Å². The van der Waals surface area contributed by atoms with Gasteiger partial charge < -0.3 is 4.90 Å². The molecule has 3 rings (SSSR count). The fourth-order valence-electron chi connectivity index (χ4n) is 2.37. The summed E-state index contributed by atoms with van der Waals surface area (Å²) in [4.78, 5) is 12.7. The number of nitrogens with zero attached hydrogens (tertiary/aromatic N) is 5. The molecular formula is C17H17N5O2S. The molecule has 7 nitrogen and oxygen atoms in total. The molecule has 0 N–H and O–H groups in total. The molecule has 0 unspecified atom stereocenters. The van der Waals surface area contributed by atoms with E-state index in [0.717, 1.165) is 23.5 Å². The molecule has 1 aromatic heterocycles. The van der Waals surface area contributed by atoms with Crippen LogP contribution < -0.4 is 4.90 Å². The van der Waals surface area contributed by atoms with Crippen LogP contribution in [0.15, 0.2) is 46.6 Å². The zero-order valence-electron chi connectivity index (χ0n) is 14.1. The van der Waals surface area contributed by atoms with Crippen molar-refractivity contribution in [2.24, 2.45) is 10.2 Å². The Bertz CT molecular complexity index is 967. The van der Waals surface area contributed by atoms with Gasteiger partial charge in [-0.25, -0.2) is 0 Å². The van der Waals surface area contributed by atoms with Gasteiger partial charge in [0.15, 0.2) is 5.00 Å². The zero-order chi connectivity index (χ0) is 18.0. The lowest BCUT2D eigenvalue weighted by molar-refractivity contribution is -0.384. The number of anilines is 1. The maximum atomic E-state index is 10.9. The maximum Gasteiger partial charge on any atom is 0.270 e. The lowest BCUT2D eigenvalue weighted by Crippen LogP contribution is -2.15. The molecule has 1 heterocycles. The number of aryl methyl sites for hydroxylation is 1. The summed E-state index contributed by atoms with van der Waals surface area (Å²) >= 11 is 1.18. The van der Waals surface area contributed by atoms with Gasteiger partial charge in [0.25, 0.3) is 5.69 Å². The van der Waals surface area contributed by atoms with E-state index >= 15 is 0 Å². The van der Waals surface area contributed by atoms with Crippen molar-refractivity contribution in [3.8, 4) is 0 Å². The zero-order valence-corrected chi connectivity index (χ0v) is 14.9. The van der Waals surface area contributed by atoms with Crippen LogP contribution >= 0.6 is 11.5 Å². The van der Waals surface area contributed by atoms with Gasteiger partial charge in [0.1, 0.15) is 0 Å². The molecule has 0 bridgehead atoms. The predicted molar refractivity (Wildman–Crippen MR) is 101 cm³/mol. The van der Waals surface area contributed by atoms with Crippen LogP contribution in [0.5, 0.6) is 0 Å². The Hall–Kier alpha value is -2.87. The SMILES string of the molecule is CCN(C)c1ccc(N=Nc2snc3ccc([N+](=O)[O-])cc23)c(C)c1. The van der Waals surface area contributed by atoms with Crippen LogP contribution in [-0.2, 0) is 0 Å². The first-order valence-corrected chi connectivity index (χ1v) is 8.54. The van der Waals surface area contributed by atoms with Crippen molar-refractivity contribution in [3.05, 3.63) is 52.1 Å². The molecule has 0 saturated carbocycles. The van der Waals surface area contributed by atoms with Crippen molar-refractivity contribution in [3.63, 3.8) is 0 Å². The molecule has 0 aliphatic heterocycles. The van der Waals surface area contributed by atoms with Crippen LogP contribution in [0.25, 0.3) is 10.9 Å². The first-order valence-electron chi connectivity index (χ1n) is 7.77. The molecule has 128 valence electrons. The van der Waals surface area contributed by atoms with Crippen LogP contribution in [0.3, 0.4) is 0 Å². The summed E-state index contributed by atoms with van der Waals surface area (Å²) in [5, 5.41) is 20.7. The summed E-state index contributed by atoms with van der Waals surface area (Å²) in [6.45, 7) is 5.00. The second-order valence-corrected chi connectivity index (χ2v) is 6.38. The van der Waals surface area contributed by atoms with Gasteiger partial charge in [0, 0.05) is 36.8 Å². The third-order valence-corrected chi connectivity index (χ3v) is 4.76. The van der Waals surface area contributed by atoms with Crippen LogP contribution in [-0.4, -0.2) is 22.9 Å². The predicted octanol–water partition coefficient (Wildman–Crippen LogP) is 5.38. The Morgan fingerprint density at radius 1 is 1.24 bits per heavy atom. The number of nitro benzene ring substituents is 1. The molecule has 0 spiro atoms. The highest BCUT2D eigenvalue weighted by Crippen LogP contribution is 2.34. The molecule has 0 atom stereocenters. The molecule has 0 saturated heterocycles. The molecular weight excluding hydrogens is 338 g/mol. The molecule has 2 aromatic carbocycles. The average molecular weight is 355 g/mol. The van der Waals surface area contributed by atoms with E-state index in [9.17, 15) is 10.1 Å². The number of benzene rings is 2. The van der Waals surface area contributed by atoms with E-state index in [1.165, 1.54) is 23.7 Å². The second kappa shape index (κ2) is 6.94. The number of aromatic nitrogens is 1. The van der Waals surface area contributed by atoms with Gasteiger partial charge in [-0.3, -0.25) is 10.1 Å². The lowest BCUT2D eigenvalue weighted by Gasteiger charge is -2.17. The highest BCUT2D eigenvalue weighted by Gasteiger charge is 2.12. The lowest BCUT2D eigenvalue weighted by atomic mass is 10.1. The minimum atomic E-state index is -0.425. The van der Waals surface area contributed by atoms with Gasteiger partial charge in [-0.15, -0.1) is 10.2 Å². The van der Waals surface area contributed by atoms with Gasteiger partial charge >= 0.3 is 0 Å². The highest BCUT2D eigenvalue weighted by molar-refractivity contribution is 7.11. The first kappa shape index (κ1) is 17.0. The molecule has 0 aliphatic carbocycles. The van der Waals surface area contributed by atoms with E-state index < -0.39 is 4.92 Å². The van der Waals surface area contributed by atoms with Gasteiger partial charge in [-0.1, -0.05) is 0 Å².